The van der Waals surface area contributed by atoms with E-state index in [1.54, 1.807) is 0 Å². The van der Waals surface area contributed by atoms with E-state index in [1.807, 2.05) is 21.1 Å². The second-order valence-electron chi connectivity index (χ2n) is 18.2. The molecule has 61 heavy (non-hydrogen) atoms. The molecule has 0 fully saturated rings. The van der Waals surface area contributed by atoms with Gasteiger partial charge in [0.25, 0.3) is 7.82 Å². The quantitative estimate of drug-likeness (QED) is 0.0198. The van der Waals surface area contributed by atoms with Gasteiger partial charge in [-0.3, -0.25) is 9.36 Å². The number of hydrogen-bond acceptors (Lipinski definition) is 7. The Kier molecular flexibility index (Phi) is 43.9. The molecule has 0 aromatic heterocycles. The third-order valence-electron chi connectivity index (χ3n) is 10.9. The molecule has 0 saturated heterocycles. The van der Waals surface area contributed by atoms with Gasteiger partial charge < -0.3 is 27.9 Å². The zero-order valence-electron chi connectivity index (χ0n) is 40.6. The Morgan fingerprint density at radius 3 is 1.33 bits per heavy atom. The van der Waals surface area contributed by atoms with Crippen LogP contribution in [0, 0.1) is 0 Å². The maximum atomic E-state index is 12.7. The Hall–Kier alpha value is -1.54. The third-order valence-corrected chi connectivity index (χ3v) is 11.8. The molecule has 0 aromatic carbocycles. The second-order valence-corrected chi connectivity index (χ2v) is 19.6. The van der Waals surface area contributed by atoms with Gasteiger partial charge in [-0.05, 0) is 77.0 Å². The second kappa shape index (κ2) is 45.0. The van der Waals surface area contributed by atoms with Crippen LogP contribution in [0.15, 0.2) is 48.6 Å². The predicted molar refractivity (Wildman–Crippen MR) is 259 cm³/mol. The van der Waals surface area contributed by atoms with Crippen LogP contribution in [0.4, 0.5) is 0 Å². The summed E-state index contributed by atoms with van der Waals surface area (Å²) in [6.07, 6.45) is 55.5. The van der Waals surface area contributed by atoms with Crippen molar-refractivity contribution in [3.05, 3.63) is 48.6 Å². The van der Waals surface area contributed by atoms with Crippen LogP contribution in [0.3, 0.4) is 0 Å². The molecule has 0 aliphatic heterocycles. The molecule has 0 heterocycles. The van der Waals surface area contributed by atoms with Gasteiger partial charge in [-0.1, -0.05) is 184 Å². The lowest BCUT2D eigenvalue weighted by Gasteiger charge is -2.28. The molecule has 9 heteroatoms. The van der Waals surface area contributed by atoms with Gasteiger partial charge in [0, 0.05) is 13.0 Å². The molecule has 0 aliphatic rings. The van der Waals surface area contributed by atoms with E-state index >= 15 is 0 Å². The number of nitrogens with zero attached hydrogens (tertiary/aromatic N) is 1. The number of ether oxygens (including phenoxy) is 2. The number of carbonyl (C=O) groups is 1. The van der Waals surface area contributed by atoms with Crippen molar-refractivity contribution in [2.24, 2.45) is 0 Å². The van der Waals surface area contributed by atoms with Crippen molar-refractivity contribution < 1.29 is 37.3 Å². The maximum Gasteiger partial charge on any atom is 0.306 e. The first-order valence-corrected chi connectivity index (χ1v) is 26.8. The SMILES string of the molecule is CCCCC/C=C\C/C=C\CCCCCCCCCCCCOCC(COP(=O)([O-])OCC[N+](C)(C)C)OC(=O)CCCCCCCCCCC/C=C\C/C=C\CCCCC. The number of phosphoric ester groups is 1. The Morgan fingerprint density at radius 1 is 0.508 bits per heavy atom. The third kappa shape index (κ3) is 49.3. The number of quaternary nitrogens is 1. The lowest BCUT2D eigenvalue weighted by molar-refractivity contribution is -0.870. The predicted octanol–water partition coefficient (Wildman–Crippen LogP) is 14.9. The molecule has 358 valence electrons. The standard InChI is InChI=1S/C52H98NO7P/c1-6-8-10-12-14-16-18-20-22-24-26-28-30-32-34-36-38-40-42-44-47-57-49-51(50-59-61(55,56)58-48-46-53(3,4)5)60-52(54)45-43-41-39-37-35-33-31-29-27-25-23-21-19-17-15-13-11-9-7-2/h14-17,20-23,51H,6-13,18-19,24-50H2,1-5H3/b16-14-,17-15-,22-20-,23-21-. The van der Waals surface area contributed by atoms with Crippen LogP contribution in [0.1, 0.15) is 219 Å². The van der Waals surface area contributed by atoms with Crippen molar-refractivity contribution in [1.29, 1.82) is 0 Å². The van der Waals surface area contributed by atoms with E-state index in [4.69, 9.17) is 18.5 Å². The lowest BCUT2D eigenvalue weighted by atomic mass is 10.1. The Bertz CT molecular complexity index is 1120. The summed E-state index contributed by atoms with van der Waals surface area (Å²) >= 11 is 0. The van der Waals surface area contributed by atoms with Crippen molar-refractivity contribution in [1.82, 2.24) is 0 Å². The van der Waals surface area contributed by atoms with Crippen LogP contribution in [0.5, 0.6) is 0 Å². The van der Waals surface area contributed by atoms with Crippen LogP contribution in [-0.2, 0) is 27.9 Å². The highest BCUT2D eigenvalue weighted by atomic mass is 31.2. The molecule has 0 aromatic rings. The minimum Gasteiger partial charge on any atom is -0.756 e. The summed E-state index contributed by atoms with van der Waals surface area (Å²) in [6, 6.07) is 0. The lowest BCUT2D eigenvalue weighted by Crippen LogP contribution is -2.37. The molecule has 2 atom stereocenters. The summed E-state index contributed by atoms with van der Waals surface area (Å²) < 4.78 is 34.7. The molecule has 0 amide bonds. The number of esters is 1. The Labute approximate surface area is 378 Å². The van der Waals surface area contributed by atoms with Gasteiger partial charge in [0.2, 0.25) is 0 Å². The zero-order chi connectivity index (χ0) is 44.8. The van der Waals surface area contributed by atoms with Crippen molar-refractivity contribution >= 4 is 13.8 Å². The molecule has 0 aliphatic carbocycles. The van der Waals surface area contributed by atoms with Crippen molar-refractivity contribution in [3.8, 4) is 0 Å². The first-order chi connectivity index (χ1) is 29.6. The summed E-state index contributed by atoms with van der Waals surface area (Å²) in [6.45, 7) is 5.37. The minimum atomic E-state index is -4.53. The van der Waals surface area contributed by atoms with Gasteiger partial charge in [0.15, 0.2) is 0 Å². The first kappa shape index (κ1) is 59.5. The van der Waals surface area contributed by atoms with Gasteiger partial charge in [-0.15, -0.1) is 0 Å². The van der Waals surface area contributed by atoms with E-state index in [1.165, 1.54) is 154 Å². The van der Waals surface area contributed by atoms with Crippen molar-refractivity contribution in [2.45, 2.75) is 225 Å². The van der Waals surface area contributed by atoms with Gasteiger partial charge in [-0.2, -0.15) is 0 Å². The number of phosphoric acid groups is 1. The molecule has 8 nitrogen and oxygen atoms in total. The molecule has 0 bridgehead atoms. The van der Waals surface area contributed by atoms with Crippen LogP contribution in [0.25, 0.3) is 0 Å². The summed E-state index contributed by atoms with van der Waals surface area (Å²) in [7, 11) is 1.35. The number of allylic oxidation sites excluding steroid dienone is 8. The van der Waals surface area contributed by atoms with Crippen LogP contribution >= 0.6 is 7.82 Å². The van der Waals surface area contributed by atoms with E-state index in [-0.39, 0.29) is 25.8 Å². The molecular formula is C52H98NO7P. The van der Waals surface area contributed by atoms with Crippen LogP contribution < -0.4 is 4.89 Å². The van der Waals surface area contributed by atoms with E-state index in [0.717, 1.165) is 44.9 Å². The number of unbranched alkanes of at least 4 members (excludes halogenated alkanes) is 25. The van der Waals surface area contributed by atoms with Gasteiger partial charge in [0.05, 0.1) is 34.4 Å². The smallest absolute Gasteiger partial charge is 0.306 e. The summed E-state index contributed by atoms with van der Waals surface area (Å²) in [4.78, 5) is 25.2. The monoisotopic (exact) mass is 880 g/mol. The highest BCUT2D eigenvalue weighted by Gasteiger charge is 2.20. The largest absolute Gasteiger partial charge is 0.756 e. The fourth-order valence-corrected chi connectivity index (χ4v) is 7.63. The molecule has 0 saturated carbocycles. The molecule has 0 rings (SSSR count). The summed E-state index contributed by atoms with van der Waals surface area (Å²) in [5.74, 6) is -0.339. The average Bonchev–Trinajstić information content (AvgIpc) is 3.22. The Balaban J connectivity index is 4.16. The summed E-state index contributed by atoms with van der Waals surface area (Å²) in [5.41, 5.74) is 0. The minimum absolute atomic E-state index is 0.0238. The highest BCUT2D eigenvalue weighted by Crippen LogP contribution is 2.38. The maximum absolute atomic E-state index is 12.7. The first-order valence-electron chi connectivity index (χ1n) is 25.4. The number of likely N-dealkylation sites (N-methyl/N-ethyl adjacent to an activating group) is 1. The van der Waals surface area contributed by atoms with Gasteiger partial charge in [0.1, 0.15) is 19.3 Å². The number of carbonyl (C=O) groups excluding carboxylic acids is 1. The Morgan fingerprint density at radius 2 is 0.902 bits per heavy atom. The van der Waals surface area contributed by atoms with Gasteiger partial charge in [-0.25, -0.2) is 0 Å². The van der Waals surface area contributed by atoms with Gasteiger partial charge >= 0.3 is 5.97 Å². The highest BCUT2D eigenvalue weighted by molar-refractivity contribution is 7.45. The fourth-order valence-electron chi connectivity index (χ4n) is 6.90. The fraction of sp³-hybridized carbons (Fsp3) is 0.827. The van der Waals surface area contributed by atoms with E-state index in [9.17, 15) is 14.3 Å². The van der Waals surface area contributed by atoms with Crippen LogP contribution in [0.2, 0.25) is 0 Å². The van der Waals surface area contributed by atoms with Crippen molar-refractivity contribution in [3.63, 3.8) is 0 Å². The summed E-state index contributed by atoms with van der Waals surface area (Å²) in [5, 5.41) is 0. The molecule has 0 N–H and O–H groups in total. The van der Waals surface area contributed by atoms with E-state index in [0.29, 0.717) is 24.1 Å². The average molecular weight is 880 g/mol. The molecule has 0 radical (unpaired) electrons. The van der Waals surface area contributed by atoms with Crippen LogP contribution in [-0.4, -0.2) is 70.7 Å². The molecular weight excluding hydrogens is 782 g/mol. The number of hydrogen-bond donors (Lipinski definition) is 0. The van der Waals surface area contributed by atoms with E-state index in [2.05, 4.69) is 62.5 Å². The van der Waals surface area contributed by atoms with E-state index < -0.39 is 13.9 Å². The topological polar surface area (TPSA) is 94.1 Å². The zero-order valence-corrected chi connectivity index (χ0v) is 41.5. The van der Waals surface area contributed by atoms with Crippen molar-refractivity contribution in [2.75, 3.05) is 54.1 Å². The number of rotatable bonds is 47. The molecule has 2 unspecified atom stereocenters. The normalized spacial score (nSPS) is 14.0. The molecule has 0 spiro atoms.